The average Bonchev–Trinajstić information content (AvgIpc) is 2.89. The molecule has 27 heavy (non-hydrogen) atoms. The fraction of sp³-hybridized carbons (Fsp3) is 0.571. The van der Waals surface area contributed by atoms with Gasteiger partial charge in [0.1, 0.15) is 0 Å². The average molecular weight is 372 g/mol. The molecule has 0 aromatic heterocycles. The van der Waals surface area contributed by atoms with Crippen molar-refractivity contribution < 1.29 is 19.4 Å². The molecule has 0 saturated heterocycles. The number of ether oxygens (including phenoxy) is 2. The van der Waals surface area contributed by atoms with E-state index >= 15 is 0 Å². The maximum Gasteiger partial charge on any atom is 0.221 e. The Hall–Kier alpha value is -2.21. The number of carbonyl (C=O) groups excluding carboxylic acids is 1. The molecule has 1 saturated carbocycles. The summed E-state index contributed by atoms with van der Waals surface area (Å²) in [5.41, 5.74) is 2.01. The molecule has 146 valence electrons. The number of rotatable bonds is 4. The van der Waals surface area contributed by atoms with Gasteiger partial charge in [-0.05, 0) is 42.7 Å². The molecule has 1 amide bonds. The van der Waals surface area contributed by atoms with Gasteiger partial charge in [0.05, 0.1) is 14.2 Å². The minimum atomic E-state index is -0.177. The summed E-state index contributed by atoms with van der Waals surface area (Å²) in [7, 11) is 3.28. The highest BCUT2D eigenvalue weighted by molar-refractivity contribution is 5.78. The van der Waals surface area contributed by atoms with Crippen LogP contribution in [-0.2, 0) is 4.79 Å². The van der Waals surface area contributed by atoms with Crippen LogP contribution in [0.1, 0.15) is 37.2 Å². The van der Waals surface area contributed by atoms with Gasteiger partial charge in [0.25, 0.3) is 0 Å². The summed E-state index contributed by atoms with van der Waals surface area (Å²) in [4.78, 5) is 12.3. The lowest BCUT2D eigenvalue weighted by atomic mass is 9.70. The van der Waals surface area contributed by atoms with Crippen LogP contribution < -0.4 is 20.1 Å². The van der Waals surface area contributed by atoms with Crippen LogP contribution >= 0.6 is 0 Å². The SMILES string of the molecule is COc1cc2c(cc1OC)[C@@H](CCO)[C@@H]1CC[C@@]3(C=CCNC(=O)C3)[C@H]1N2. The first kappa shape index (κ1) is 18.2. The molecule has 1 aromatic carbocycles. The Bertz CT molecular complexity index is 763. The van der Waals surface area contributed by atoms with Crippen LogP contribution in [0.5, 0.6) is 11.5 Å². The van der Waals surface area contributed by atoms with Crippen molar-refractivity contribution in [3.63, 3.8) is 0 Å². The molecular weight excluding hydrogens is 344 g/mol. The van der Waals surface area contributed by atoms with Crippen LogP contribution in [0.4, 0.5) is 5.69 Å². The van der Waals surface area contributed by atoms with Gasteiger partial charge in [-0.1, -0.05) is 12.2 Å². The zero-order chi connectivity index (χ0) is 19.0. The summed E-state index contributed by atoms with van der Waals surface area (Å²) < 4.78 is 11.0. The fourth-order valence-corrected chi connectivity index (χ4v) is 5.37. The van der Waals surface area contributed by atoms with Gasteiger partial charge in [-0.3, -0.25) is 4.79 Å². The number of benzene rings is 1. The Balaban J connectivity index is 1.78. The lowest BCUT2D eigenvalue weighted by Crippen LogP contribution is -2.45. The highest BCUT2D eigenvalue weighted by Crippen LogP contribution is 2.57. The second kappa shape index (κ2) is 7.08. The molecule has 0 unspecified atom stereocenters. The van der Waals surface area contributed by atoms with Crippen LogP contribution in [0.2, 0.25) is 0 Å². The molecule has 4 rings (SSSR count). The van der Waals surface area contributed by atoms with Crippen molar-refractivity contribution in [2.24, 2.45) is 11.3 Å². The van der Waals surface area contributed by atoms with E-state index in [1.54, 1.807) is 14.2 Å². The van der Waals surface area contributed by atoms with Gasteiger partial charge in [-0.2, -0.15) is 0 Å². The molecule has 1 aliphatic carbocycles. The van der Waals surface area contributed by atoms with Crippen LogP contribution in [0.25, 0.3) is 0 Å². The monoisotopic (exact) mass is 372 g/mol. The molecule has 3 N–H and O–H groups in total. The van der Waals surface area contributed by atoms with Crippen LogP contribution in [0, 0.1) is 11.3 Å². The summed E-state index contributed by atoms with van der Waals surface area (Å²) in [6.07, 6.45) is 7.55. The molecule has 1 fully saturated rings. The quantitative estimate of drug-likeness (QED) is 0.708. The van der Waals surface area contributed by atoms with Crippen LogP contribution in [0.3, 0.4) is 0 Å². The number of nitrogens with one attached hydrogen (secondary N) is 2. The molecule has 1 spiro atoms. The Morgan fingerprint density at radius 3 is 2.78 bits per heavy atom. The number of anilines is 1. The van der Waals surface area contributed by atoms with E-state index in [0.29, 0.717) is 36.8 Å². The zero-order valence-electron chi connectivity index (χ0n) is 16.0. The number of fused-ring (bicyclic) bond motifs is 3. The summed E-state index contributed by atoms with van der Waals surface area (Å²) in [6, 6.07) is 4.19. The number of methoxy groups -OCH3 is 2. The summed E-state index contributed by atoms with van der Waals surface area (Å²) in [5.74, 6) is 2.11. The van der Waals surface area contributed by atoms with Crippen molar-refractivity contribution in [1.29, 1.82) is 0 Å². The van der Waals surface area contributed by atoms with E-state index in [9.17, 15) is 9.90 Å². The molecule has 3 aliphatic rings. The minimum Gasteiger partial charge on any atom is -0.493 e. The molecule has 0 bridgehead atoms. The summed E-state index contributed by atoms with van der Waals surface area (Å²) in [6.45, 7) is 0.741. The van der Waals surface area contributed by atoms with E-state index in [2.05, 4.69) is 22.8 Å². The highest BCUT2D eigenvalue weighted by atomic mass is 16.5. The van der Waals surface area contributed by atoms with E-state index in [1.807, 2.05) is 12.1 Å². The van der Waals surface area contributed by atoms with Gasteiger partial charge in [0.15, 0.2) is 11.5 Å². The number of hydrogen-bond donors (Lipinski definition) is 3. The van der Waals surface area contributed by atoms with Crippen molar-refractivity contribution in [2.75, 3.05) is 32.7 Å². The first-order valence-electron chi connectivity index (χ1n) is 9.69. The Labute approximate surface area is 159 Å². The van der Waals surface area contributed by atoms with Crippen molar-refractivity contribution in [3.05, 3.63) is 29.8 Å². The Morgan fingerprint density at radius 1 is 1.26 bits per heavy atom. The Kier molecular flexibility index (Phi) is 4.76. The van der Waals surface area contributed by atoms with E-state index in [1.165, 1.54) is 5.56 Å². The number of aliphatic hydroxyl groups excluding tert-OH is 1. The van der Waals surface area contributed by atoms with Gasteiger partial charge in [0, 0.05) is 42.8 Å². The first-order valence-corrected chi connectivity index (χ1v) is 9.69. The number of hydrogen-bond acceptors (Lipinski definition) is 5. The van der Waals surface area contributed by atoms with Crippen molar-refractivity contribution in [3.8, 4) is 11.5 Å². The molecule has 6 nitrogen and oxygen atoms in total. The lowest BCUT2D eigenvalue weighted by molar-refractivity contribution is -0.122. The predicted molar refractivity (Wildman–Crippen MR) is 103 cm³/mol. The van der Waals surface area contributed by atoms with Crippen molar-refractivity contribution in [1.82, 2.24) is 5.32 Å². The van der Waals surface area contributed by atoms with Crippen molar-refractivity contribution >= 4 is 11.6 Å². The molecule has 4 atom stereocenters. The standard InChI is InChI=1S/C21H28N2O4/c1-26-17-10-15-13(5-9-24)14-4-7-21(6-3-8-22-19(25)12-21)20(14)23-16(15)11-18(17)27-2/h3,6,10-11,13-14,20,23-24H,4-5,7-9,12H2,1-2H3,(H,22,25)/t13-,14-,20-,21+/m0/s1. The predicted octanol–water partition coefficient (Wildman–Crippen LogP) is 2.44. The second-order valence-corrected chi connectivity index (χ2v) is 7.85. The maximum atomic E-state index is 12.3. The molecule has 6 heteroatoms. The molecule has 0 radical (unpaired) electrons. The third-order valence-corrected chi connectivity index (χ3v) is 6.57. The van der Waals surface area contributed by atoms with E-state index < -0.39 is 0 Å². The molecule has 2 aliphatic heterocycles. The van der Waals surface area contributed by atoms with Gasteiger partial charge in [0.2, 0.25) is 5.91 Å². The van der Waals surface area contributed by atoms with Gasteiger partial charge in [-0.15, -0.1) is 0 Å². The largest absolute Gasteiger partial charge is 0.493 e. The summed E-state index contributed by atoms with van der Waals surface area (Å²) in [5, 5.41) is 16.4. The first-order chi connectivity index (χ1) is 13.1. The summed E-state index contributed by atoms with van der Waals surface area (Å²) >= 11 is 0. The number of aliphatic hydroxyl groups is 1. The van der Waals surface area contributed by atoms with Crippen LogP contribution in [0.15, 0.2) is 24.3 Å². The van der Waals surface area contributed by atoms with E-state index in [0.717, 1.165) is 18.5 Å². The fourth-order valence-electron chi connectivity index (χ4n) is 5.37. The maximum absolute atomic E-state index is 12.3. The number of amides is 1. The van der Waals surface area contributed by atoms with E-state index in [-0.39, 0.29) is 29.9 Å². The normalized spacial score (nSPS) is 31.5. The molecule has 1 aromatic rings. The smallest absolute Gasteiger partial charge is 0.221 e. The lowest BCUT2D eigenvalue weighted by Gasteiger charge is -2.43. The van der Waals surface area contributed by atoms with Crippen molar-refractivity contribution in [2.45, 2.75) is 37.6 Å². The van der Waals surface area contributed by atoms with Gasteiger partial charge in [-0.25, -0.2) is 0 Å². The third kappa shape index (κ3) is 2.96. The number of carbonyl (C=O) groups is 1. The van der Waals surface area contributed by atoms with E-state index in [4.69, 9.17) is 9.47 Å². The highest BCUT2D eigenvalue weighted by Gasteiger charge is 2.53. The third-order valence-electron chi connectivity index (χ3n) is 6.57. The topological polar surface area (TPSA) is 79.8 Å². The minimum absolute atomic E-state index is 0.110. The molecule has 2 heterocycles. The van der Waals surface area contributed by atoms with Gasteiger partial charge < -0.3 is 25.2 Å². The Morgan fingerprint density at radius 2 is 2.04 bits per heavy atom. The van der Waals surface area contributed by atoms with Crippen LogP contribution in [-0.4, -0.2) is 44.4 Å². The molecular formula is C21H28N2O4. The van der Waals surface area contributed by atoms with Gasteiger partial charge >= 0.3 is 0 Å². The second-order valence-electron chi connectivity index (χ2n) is 7.85. The zero-order valence-corrected chi connectivity index (χ0v) is 16.0.